The largest absolute Gasteiger partial charge is 0.457 e. The molecular weight excluding hydrogens is 326 g/mol. The fourth-order valence-electron chi connectivity index (χ4n) is 3.04. The van der Waals surface area contributed by atoms with E-state index in [9.17, 15) is 4.79 Å². The molecule has 1 heterocycles. The maximum absolute atomic E-state index is 12.1. The van der Waals surface area contributed by atoms with Gasteiger partial charge in [-0.3, -0.25) is 4.90 Å². The normalized spacial score (nSPS) is 15.1. The predicted molar refractivity (Wildman–Crippen MR) is 103 cm³/mol. The Morgan fingerprint density at radius 3 is 2.38 bits per heavy atom. The number of nitrogens with zero attached hydrogens (tertiary/aromatic N) is 2. The van der Waals surface area contributed by atoms with E-state index in [4.69, 9.17) is 4.74 Å². The summed E-state index contributed by atoms with van der Waals surface area (Å²) < 4.78 is 5.91. The molecular formula is C21H27N3O2. The van der Waals surface area contributed by atoms with E-state index in [1.807, 2.05) is 61.2 Å². The van der Waals surface area contributed by atoms with Crippen molar-refractivity contribution in [2.75, 3.05) is 26.2 Å². The monoisotopic (exact) mass is 353 g/mol. The van der Waals surface area contributed by atoms with Gasteiger partial charge in [-0.05, 0) is 43.7 Å². The van der Waals surface area contributed by atoms with E-state index in [2.05, 4.69) is 22.3 Å². The average Bonchev–Trinajstić information content (AvgIpc) is 2.63. The smallest absolute Gasteiger partial charge is 0.317 e. The van der Waals surface area contributed by atoms with Crippen LogP contribution in [0.1, 0.15) is 19.4 Å². The Balaban J connectivity index is 1.52. The van der Waals surface area contributed by atoms with Crippen LogP contribution in [0.4, 0.5) is 4.79 Å². The molecule has 2 aromatic rings. The third kappa shape index (κ3) is 5.23. The molecule has 1 fully saturated rings. The third-order valence-electron chi connectivity index (χ3n) is 4.36. The topological polar surface area (TPSA) is 44.8 Å². The molecule has 0 aromatic heterocycles. The van der Waals surface area contributed by atoms with Crippen LogP contribution >= 0.6 is 0 Å². The fourth-order valence-corrected chi connectivity index (χ4v) is 3.04. The standard InChI is InChI=1S/C21H27N3O2/c1-17(2)22-21(25)24-13-11-23(12-14-24)16-18-7-6-10-20(15-18)26-19-8-4-3-5-9-19/h3-10,15,17H,11-14,16H2,1-2H3,(H,22,25). The van der Waals surface area contributed by atoms with Gasteiger partial charge in [0.1, 0.15) is 11.5 Å². The zero-order valence-electron chi connectivity index (χ0n) is 15.5. The number of rotatable bonds is 5. The van der Waals surface area contributed by atoms with Crippen molar-refractivity contribution in [1.82, 2.24) is 15.1 Å². The summed E-state index contributed by atoms with van der Waals surface area (Å²) in [6.07, 6.45) is 0. The van der Waals surface area contributed by atoms with E-state index in [-0.39, 0.29) is 12.1 Å². The molecule has 1 aliphatic rings. The van der Waals surface area contributed by atoms with Gasteiger partial charge in [0.05, 0.1) is 0 Å². The maximum Gasteiger partial charge on any atom is 0.317 e. The highest BCUT2D eigenvalue weighted by atomic mass is 16.5. The summed E-state index contributed by atoms with van der Waals surface area (Å²) >= 11 is 0. The van der Waals surface area contributed by atoms with Gasteiger partial charge >= 0.3 is 6.03 Å². The molecule has 1 aliphatic heterocycles. The van der Waals surface area contributed by atoms with Crippen LogP contribution in [0.25, 0.3) is 0 Å². The second-order valence-electron chi connectivity index (χ2n) is 6.93. The Kier molecular flexibility index (Phi) is 6.12. The molecule has 0 saturated carbocycles. The van der Waals surface area contributed by atoms with Gasteiger partial charge in [0.25, 0.3) is 0 Å². The molecule has 5 heteroatoms. The first-order valence-electron chi connectivity index (χ1n) is 9.20. The first-order chi connectivity index (χ1) is 12.6. The fraction of sp³-hybridized carbons (Fsp3) is 0.381. The van der Waals surface area contributed by atoms with Gasteiger partial charge in [0.15, 0.2) is 0 Å². The molecule has 2 aromatic carbocycles. The highest BCUT2D eigenvalue weighted by Crippen LogP contribution is 2.22. The van der Waals surface area contributed by atoms with Crippen molar-refractivity contribution in [1.29, 1.82) is 0 Å². The lowest BCUT2D eigenvalue weighted by molar-refractivity contribution is 0.134. The van der Waals surface area contributed by atoms with E-state index in [1.165, 1.54) is 5.56 Å². The molecule has 1 N–H and O–H groups in total. The third-order valence-corrected chi connectivity index (χ3v) is 4.36. The van der Waals surface area contributed by atoms with Crippen LogP contribution < -0.4 is 10.1 Å². The first kappa shape index (κ1) is 18.3. The van der Waals surface area contributed by atoms with Crippen LogP contribution in [-0.2, 0) is 6.54 Å². The minimum atomic E-state index is 0.0397. The number of ether oxygens (including phenoxy) is 1. The molecule has 3 rings (SSSR count). The van der Waals surface area contributed by atoms with Crippen molar-refractivity contribution in [2.45, 2.75) is 26.4 Å². The van der Waals surface area contributed by atoms with E-state index < -0.39 is 0 Å². The zero-order valence-corrected chi connectivity index (χ0v) is 15.5. The van der Waals surface area contributed by atoms with Gasteiger partial charge in [0.2, 0.25) is 0 Å². The van der Waals surface area contributed by atoms with Gasteiger partial charge in [0, 0.05) is 38.8 Å². The molecule has 0 bridgehead atoms. The van der Waals surface area contributed by atoms with Crippen molar-refractivity contribution in [3.8, 4) is 11.5 Å². The van der Waals surface area contributed by atoms with Crippen molar-refractivity contribution < 1.29 is 9.53 Å². The number of carbonyl (C=O) groups is 1. The van der Waals surface area contributed by atoms with Crippen LogP contribution in [0.5, 0.6) is 11.5 Å². The lowest BCUT2D eigenvalue weighted by Gasteiger charge is -2.35. The summed E-state index contributed by atoms with van der Waals surface area (Å²) in [6.45, 7) is 8.13. The molecule has 0 spiro atoms. The molecule has 138 valence electrons. The van der Waals surface area contributed by atoms with Crippen molar-refractivity contribution in [3.05, 3.63) is 60.2 Å². The Hall–Kier alpha value is -2.53. The number of benzene rings is 2. The summed E-state index contributed by atoms with van der Waals surface area (Å²) in [6, 6.07) is 18.2. The molecule has 1 saturated heterocycles. The number of hydrogen-bond acceptors (Lipinski definition) is 3. The predicted octanol–water partition coefficient (Wildman–Crippen LogP) is 3.71. The summed E-state index contributed by atoms with van der Waals surface area (Å²) in [5.74, 6) is 1.69. The number of carbonyl (C=O) groups excluding carboxylic acids is 1. The Morgan fingerprint density at radius 1 is 1.00 bits per heavy atom. The lowest BCUT2D eigenvalue weighted by atomic mass is 10.2. The summed E-state index contributed by atoms with van der Waals surface area (Å²) in [5, 5.41) is 2.96. The second kappa shape index (κ2) is 8.72. The number of piperazine rings is 1. The quantitative estimate of drug-likeness (QED) is 0.891. The Morgan fingerprint density at radius 2 is 1.69 bits per heavy atom. The minimum Gasteiger partial charge on any atom is -0.457 e. The molecule has 0 radical (unpaired) electrons. The average molecular weight is 353 g/mol. The lowest BCUT2D eigenvalue weighted by Crippen LogP contribution is -2.52. The van der Waals surface area contributed by atoms with Gasteiger partial charge < -0.3 is 15.0 Å². The number of hydrogen-bond donors (Lipinski definition) is 1. The minimum absolute atomic E-state index is 0.0397. The highest BCUT2D eigenvalue weighted by Gasteiger charge is 2.21. The Labute approximate surface area is 155 Å². The molecule has 5 nitrogen and oxygen atoms in total. The first-order valence-corrected chi connectivity index (χ1v) is 9.20. The maximum atomic E-state index is 12.1. The van der Waals surface area contributed by atoms with Gasteiger partial charge in [-0.2, -0.15) is 0 Å². The summed E-state index contributed by atoms with van der Waals surface area (Å²) in [4.78, 5) is 16.3. The highest BCUT2D eigenvalue weighted by molar-refractivity contribution is 5.74. The molecule has 0 unspecified atom stereocenters. The molecule has 26 heavy (non-hydrogen) atoms. The molecule has 0 atom stereocenters. The second-order valence-corrected chi connectivity index (χ2v) is 6.93. The van der Waals surface area contributed by atoms with Gasteiger partial charge in [-0.1, -0.05) is 30.3 Å². The Bertz CT molecular complexity index is 710. The van der Waals surface area contributed by atoms with E-state index in [0.717, 1.165) is 44.2 Å². The van der Waals surface area contributed by atoms with Crippen LogP contribution in [-0.4, -0.2) is 48.1 Å². The van der Waals surface area contributed by atoms with Crippen molar-refractivity contribution in [3.63, 3.8) is 0 Å². The van der Waals surface area contributed by atoms with E-state index >= 15 is 0 Å². The van der Waals surface area contributed by atoms with Crippen LogP contribution in [0, 0.1) is 0 Å². The number of nitrogens with one attached hydrogen (secondary N) is 1. The number of para-hydroxylation sites is 1. The number of urea groups is 1. The number of amides is 2. The van der Waals surface area contributed by atoms with Gasteiger partial charge in [-0.25, -0.2) is 4.79 Å². The molecule has 0 aliphatic carbocycles. The van der Waals surface area contributed by atoms with Gasteiger partial charge in [-0.15, -0.1) is 0 Å². The summed E-state index contributed by atoms with van der Waals surface area (Å²) in [5.41, 5.74) is 1.22. The zero-order chi connectivity index (χ0) is 18.4. The summed E-state index contributed by atoms with van der Waals surface area (Å²) in [7, 11) is 0. The van der Waals surface area contributed by atoms with Crippen LogP contribution in [0.15, 0.2) is 54.6 Å². The van der Waals surface area contributed by atoms with Crippen molar-refractivity contribution >= 4 is 6.03 Å². The van der Waals surface area contributed by atoms with Crippen LogP contribution in [0.2, 0.25) is 0 Å². The molecule has 2 amide bonds. The SMILES string of the molecule is CC(C)NC(=O)N1CCN(Cc2cccc(Oc3ccccc3)c2)CC1. The van der Waals surface area contributed by atoms with E-state index in [1.54, 1.807) is 0 Å². The van der Waals surface area contributed by atoms with Crippen molar-refractivity contribution in [2.24, 2.45) is 0 Å². The van der Waals surface area contributed by atoms with Crippen LogP contribution in [0.3, 0.4) is 0 Å². The van der Waals surface area contributed by atoms with E-state index in [0.29, 0.717) is 0 Å².